The lowest BCUT2D eigenvalue weighted by atomic mass is 10.3. The second-order valence-corrected chi connectivity index (χ2v) is 6.98. The number of nitrogens with zero attached hydrogens (tertiary/aromatic N) is 2. The van der Waals surface area contributed by atoms with Crippen LogP contribution in [0.1, 0.15) is 10.4 Å². The van der Waals surface area contributed by atoms with Crippen molar-refractivity contribution in [3.8, 4) is 5.88 Å². The highest BCUT2D eigenvalue weighted by molar-refractivity contribution is 9.11. The molecule has 0 bridgehead atoms. The second kappa shape index (κ2) is 7.42. The average Bonchev–Trinajstić information content (AvgIpc) is 2.90. The Hall–Kier alpha value is -1.60. The van der Waals surface area contributed by atoms with Crippen molar-refractivity contribution in [3.63, 3.8) is 0 Å². The summed E-state index contributed by atoms with van der Waals surface area (Å²) < 4.78 is 6.06. The summed E-state index contributed by atoms with van der Waals surface area (Å²) >= 11 is 5.04. The van der Waals surface area contributed by atoms with Crippen LogP contribution in [0.5, 0.6) is 5.88 Å². The third-order valence-electron chi connectivity index (χ3n) is 2.82. The topological polar surface area (TPSA) is 54.5 Å². The monoisotopic (exact) mass is 369 g/mol. The van der Waals surface area contributed by atoms with Crippen LogP contribution in [0.2, 0.25) is 0 Å². The maximum Gasteiger partial charge on any atom is 0.317 e. The molecule has 21 heavy (non-hydrogen) atoms. The van der Waals surface area contributed by atoms with Crippen LogP contribution in [0, 0.1) is 0 Å². The molecule has 0 saturated carbocycles. The van der Waals surface area contributed by atoms with Crippen LogP contribution in [-0.4, -0.2) is 30.1 Å². The number of ether oxygens (including phenoxy) is 1. The van der Waals surface area contributed by atoms with E-state index in [0.717, 1.165) is 14.2 Å². The maximum absolute atomic E-state index is 12.0. The largest absolute Gasteiger partial charge is 0.481 e. The van der Waals surface area contributed by atoms with Gasteiger partial charge in [-0.2, -0.15) is 0 Å². The van der Waals surface area contributed by atoms with Crippen molar-refractivity contribution < 1.29 is 9.53 Å². The van der Waals surface area contributed by atoms with E-state index in [-0.39, 0.29) is 6.03 Å². The maximum atomic E-state index is 12.0. The zero-order valence-corrected chi connectivity index (χ0v) is 14.2. The van der Waals surface area contributed by atoms with Gasteiger partial charge in [0.2, 0.25) is 5.88 Å². The Morgan fingerprint density at radius 2 is 2.24 bits per heavy atom. The summed E-state index contributed by atoms with van der Waals surface area (Å²) in [4.78, 5) is 18.9. The summed E-state index contributed by atoms with van der Waals surface area (Å²) in [7, 11) is 3.34. The van der Waals surface area contributed by atoms with E-state index in [1.54, 1.807) is 42.7 Å². The number of thiophene rings is 1. The molecule has 7 heteroatoms. The molecule has 0 fully saturated rings. The highest BCUT2D eigenvalue weighted by atomic mass is 79.9. The number of halogens is 1. The highest BCUT2D eigenvalue weighted by Crippen LogP contribution is 2.22. The van der Waals surface area contributed by atoms with Crippen molar-refractivity contribution in [1.82, 2.24) is 15.2 Å². The molecular weight excluding hydrogens is 354 g/mol. The molecule has 0 unspecified atom stereocenters. The van der Waals surface area contributed by atoms with Crippen molar-refractivity contribution in [2.75, 3.05) is 14.2 Å². The third kappa shape index (κ3) is 4.71. The van der Waals surface area contributed by atoms with Gasteiger partial charge in [0.15, 0.2) is 0 Å². The summed E-state index contributed by atoms with van der Waals surface area (Å²) in [6.45, 7) is 1.03. The number of rotatable bonds is 5. The van der Waals surface area contributed by atoms with Crippen LogP contribution >= 0.6 is 27.3 Å². The molecule has 112 valence electrons. The Morgan fingerprint density at radius 1 is 1.43 bits per heavy atom. The molecule has 0 radical (unpaired) electrons. The van der Waals surface area contributed by atoms with Crippen LogP contribution < -0.4 is 10.1 Å². The number of carbonyl (C=O) groups excluding carboxylic acids is 1. The number of hydrogen-bond donors (Lipinski definition) is 1. The normalized spacial score (nSPS) is 10.2. The standard InChI is InChI=1S/C14H16BrN3O2S/c1-18(9-11-4-5-12(15)21-11)14(19)17-8-10-3-6-13(20-2)16-7-10/h3-7H,8-9H2,1-2H3,(H,17,19). The van der Waals surface area contributed by atoms with Crippen molar-refractivity contribution in [3.05, 3.63) is 44.7 Å². The van der Waals surface area contributed by atoms with Gasteiger partial charge >= 0.3 is 6.03 Å². The van der Waals surface area contributed by atoms with Crippen LogP contribution in [0.15, 0.2) is 34.2 Å². The van der Waals surface area contributed by atoms with Crippen molar-refractivity contribution >= 4 is 33.3 Å². The fourth-order valence-electron chi connectivity index (χ4n) is 1.69. The predicted octanol–water partition coefficient (Wildman–Crippen LogP) is 3.26. The fraction of sp³-hybridized carbons (Fsp3) is 0.286. The minimum Gasteiger partial charge on any atom is -0.481 e. The first-order chi connectivity index (χ1) is 10.1. The molecule has 2 amide bonds. The summed E-state index contributed by atoms with van der Waals surface area (Å²) in [5, 5.41) is 2.86. The van der Waals surface area contributed by atoms with Gasteiger partial charge in [0.25, 0.3) is 0 Å². The van der Waals surface area contributed by atoms with Gasteiger partial charge in [-0.1, -0.05) is 6.07 Å². The van der Waals surface area contributed by atoms with E-state index in [1.807, 2.05) is 18.2 Å². The van der Waals surface area contributed by atoms with Crippen LogP contribution in [0.25, 0.3) is 0 Å². The molecule has 0 aliphatic carbocycles. The Morgan fingerprint density at radius 3 is 2.81 bits per heavy atom. The van der Waals surface area contributed by atoms with E-state index in [2.05, 4.69) is 26.2 Å². The quantitative estimate of drug-likeness (QED) is 0.879. The summed E-state index contributed by atoms with van der Waals surface area (Å²) in [6.07, 6.45) is 1.69. The molecule has 0 saturated heterocycles. The van der Waals surface area contributed by atoms with Crippen molar-refractivity contribution in [1.29, 1.82) is 0 Å². The molecule has 0 spiro atoms. The van der Waals surface area contributed by atoms with Crippen LogP contribution in [0.3, 0.4) is 0 Å². The zero-order chi connectivity index (χ0) is 15.2. The lowest BCUT2D eigenvalue weighted by Gasteiger charge is -2.17. The summed E-state index contributed by atoms with van der Waals surface area (Å²) in [5.74, 6) is 0.561. The Labute approximate surface area is 136 Å². The number of amides is 2. The van der Waals surface area contributed by atoms with Gasteiger partial charge in [-0.05, 0) is 33.6 Å². The number of aromatic nitrogens is 1. The first-order valence-electron chi connectivity index (χ1n) is 6.30. The molecule has 2 rings (SSSR count). The van der Waals surface area contributed by atoms with E-state index in [9.17, 15) is 4.79 Å². The molecule has 2 aromatic rings. The fourth-order valence-corrected chi connectivity index (χ4v) is 3.23. The number of methoxy groups -OCH3 is 1. The number of hydrogen-bond acceptors (Lipinski definition) is 4. The summed E-state index contributed by atoms with van der Waals surface area (Å²) in [6, 6.07) is 7.52. The van der Waals surface area contributed by atoms with Gasteiger partial charge in [0.1, 0.15) is 0 Å². The van der Waals surface area contributed by atoms with E-state index in [1.165, 1.54) is 0 Å². The minimum absolute atomic E-state index is 0.115. The lowest BCUT2D eigenvalue weighted by Crippen LogP contribution is -2.36. The lowest BCUT2D eigenvalue weighted by molar-refractivity contribution is 0.207. The van der Waals surface area contributed by atoms with Crippen molar-refractivity contribution in [2.45, 2.75) is 13.1 Å². The molecule has 0 aromatic carbocycles. The SMILES string of the molecule is COc1ccc(CNC(=O)N(C)Cc2ccc(Br)s2)cn1. The van der Waals surface area contributed by atoms with E-state index >= 15 is 0 Å². The molecule has 1 N–H and O–H groups in total. The van der Waals surface area contributed by atoms with Gasteiger partial charge in [-0.3, -0.25) is 0 Å². The smallest absolute Gasteiger partial charge is 0.317 e. The van der Waals surface area contributed by atoms with Crippen LogP contribution in [0.4, 0.5) is 4.79 Å². The Kier molecular flexibility index (Phi) is 5.58. The van der Waals surface area contributed by atoms with E-state index in [4.69, 9.17) is 4.74 Å². The predicted molar refractivity (Wildman–Crippen MR) is 86.5 cm³/mol. The van der Waals surface area contributed by atoms with Gasteiger partial charge in [0.05, 0.1) is 17.4 Å². The molecule has 0 aliphatic rings. The molecular formula is C14H16BrN3O2S. The number of pyridine rings is 1. The van der Waals surface area contributed by atoms with Gasteiger partial charge < -0.3 is 15.0 Å². The first kappa shape index (κ1) is 15.8. The molecule has 5 nitrogen and oxygen atoms in total. The molecule has 2 heterocycles. The molecule has 0 aliphatic heterocycles. The summed E-state index contributed by atoms with van der Waals surface area (Å²) in [5.41, 5.74) is 0.927. The number of urea groups is 1. The zero-order valence-electron chi connectivity index (χ0n) is 11.8. The third-order valence-corrected chi connectivity index (χ3v) is 4.43. The van der Waals surface area contributed by atoms with Gasteiger partial charge in [0, 0.05) is 30.7 Å². The molecule has 0 atom stereocenters. The number of carbonyl (C=O) groups is 1. The highest BCUT2D eigenvalue weighted by Gasteiger charge is 2.10. The van der Waals surface area contributed by atoms with E-state index < -0.39 is 0 Å². The average molecular weight is 370 g/mol. The van der Waals surface area contributed by atoms with Gasteiger partial charge in [-0.15, -0.1) is 11.3 Å². The van der Waals surface area contributed by atoms with Crippen LogP contribution in [-0.2, 0) is 13.1 Å². The first-order valence-corrected chi connectivity index (χ1v) is 7.91. The Balaban J connectivity index is 1.82. The second-order valence-electron chi connectivity index (χ2n) is 4.43. The van der Waals surface area contributed by atoms with Gasteiger partial charge in [-0.25, -0.2) is 9.78 Å². The van der Waals surface area contributed by atoms with Crippen molar-refractivity contribution in [2.24, 2.45) is 0 Å². The van der Waals surface area contributed by atoms with E-state index in [0.29, 0.717) is 19.0 Å². The number of nitrogens with one attached hydrogen (secondary N) is 1. The Bertz CT molecular complexity index is 601. The minimum atomic E-state index is -0.115. The molecule has 2 aromatic heterocycles.